The monoisotopic (exact) mass is 511 g/mol. The average molecular weight is 512 g/mol. The van der Waals surface area contributed by atoms with E-state index in [-0.39, 0.29) is 5.56 Å². The average Bonchev–Trinajstić information content (AvgIpc) is 3.61. The molecule has 184 valence electrons. The van der Waals surface area contributed by atoms with Crippen LogP contribution < -0.4 is 16.2 Å². The molecule has 0 saturated carbocycles. The summed E-state index contributed by atoms with van der Waals surface area (Å²) < 4.78 is 5.29. The van der Waals surface area contributed by atoms with Gasteiger partial charge in [-0.15, -0.1) is 0 Å². The first-order valence-corrected chi connectivity index (χ1v) is 12.1. The molecular formula is C26H22ClN9O. The molecule has 0 fully saturated rings. The smallest absolute Gasteiger partial charge is 0.270 e. The Bertz CT molecular complexity index is 1740. The maximum atomic E-state index is 13.4. The van der Waals surface area contributed by atoms with Crippen molar-refractivity contribution in [3.05, 3.63) is 101 Å². The van der Waals surface area contributed by atoms with Crippen LogP contribution in [0.3, 0.4) is 0 Å². The summed E-state index contributed by atoms with van der Waals surface area (Å²) in [4.78, 5) is 30.9. The van der Waals surface area contributed by atoms with Gasteiger partial charge in [0.15, 0.2) is 5.65 Å². The van der Waals surface area contributed by atoms with E-state index in [0.29, 0.717) is 33.5 Å². The number of hydrogen-bond donors (Lipinski definition) is 2. The zero-order chi connectivity index (χ0) is 25.2. The molecule has 0 aliphatic carbocycles. The molecule has 11 heteroatoms. The molecule has 0 aliphatic rings. The van der Waals surface area contributed by atoms with Gasteiger partial charge in [0.05, 0.1) is 17.0 Å². The Balaban J connectivity index is 1.23. The first-order valence-electron chi connectivity index (χ1n) is 11.7. The van der Waals surface area contributed by atoms with Crippen molar-refractivity contribution in [3.8, 4) is 5.69 Å². The third-order valence-electron chi connectivity index (χ3n) is 5.97. The van der Waals surface area contributed by atoms with E-state index in [1.807, 2.05) is 48.9 Å². The molecule has 0 radical (unpaired) electrons. The standard InChI is InChI=1S/C26H22ClN9O/c27-21-4-1-2-5-22(21)36-24(37)20-16-31-25(33-23(20)35-15-12-30-26(35)36)32-19-8-6-18(7-9-19)29-10-3-13-34-14-11-28-17-34/h1-2,4-9,11-12,14-17,29H,3,10,13H2,(H,31,32,33). The molecule has 4 aromatic heterocycles. The molecule has 0 unspecified atom stereocenters. The fourth-order valence-corrected chi connectivity index (χ4v) is 4.39. The highest BCUT2D eigenvalue weighted by molar-refractivity contribution is 6.32. The zero-order valence-electron chi connectivity index (χ0n) is 19.6. The molecule has 2 aromatic carbocycles. The molecule has 10 nitrogen and oxygen atoms in total. The molecule has 0 spiro atoms. The predicted octanol–water partition coefficient (Wildman–Crippen LogP) is 4.52. The predicted molar refractivity (Wildman–Crippen MR) is 144 cm³/mol. The summed E-state index contributed by atoms with van der Waals surface area (Å²) in [7, 11) is 0. The van der Waals surface area contributed by atoms with Crippen LogP contribution in [0.4, 0.5) is 17.3 Å². The summed E-state index contributed by atoms with van der Waals surface area (Å²) in [6.45, 7) is 1.77. The van der Waals surface area contributed by atoms with Crippen molar-refractivity contribution in [3.63, 3.8) is 0 Å². The lowest BCUT2D eigenvalue weighted by Gasteiger charge is -2.12. The van der Waals surface area contributed by atoms with Crippen LogP contribution in [0.15, 0.2) is 90.6 Å². The lowest BCUT2D eigenvalue weighted by molar-refractivity contribution is 0.661. The number of aryl methyl sites for hydroxylation is 1. The molecule has 0 bridgehead atoms. The molecule has 6 rings (SSSR count). The third kappa shape index (κ3) is 4.50. The Labute approximate surface area is 216 Å². The summed E-state index contributed by atoms with van der Waals surface area (Å²) in [6, 6.07) is 15.0. The Morgan fingerprint density at radius 3 is 2.59 bits per heavy atom. The Kier molecular flexibility index (Phi) is 5.99. The van der Waals surface area contributed by atoms with Crippen LogP contribution in [0, 0.1) is 0 Å². The van der Waals surface area contributed by atoms with Crippen molar-refractivity contribution in [1.29, 1.82) is 0 Å². The van der Waals surface area contributed by atoms with Crippen LogP contribution in [-0.2, 0) is 6.54 Å². The van der Waals surface area contributed by atoms with E-state index < -0.39 is 0 Å². The van der Waals surface area contributed by atoms with Crippen molar-refractivity contribution in [2.45, 2.75) is 13.0 Å². The highest BCUT2D eigenvalue weighted by Crippen LogP contribution is 2.23. The summed E-state index contributed by atoms with van der Waals surface area (Å²) in [6.07, 6.45) is 11.5. The van der Waals surface area contributed by atoms with Gasteiger partial charge in [-0.3, -0.25) is 9.20 Å². The summed E-state index contributed by atoms with van der Waals surface area (Å²) >= 11 is 6.39. The number of anilines is 3. The summed E-state index contributed by atoms with van der Waals surface area (Å²) in [5.41, 5.74) is 2.56. The second-order valence-electron chi connectivity index (χ2n) is 8.40. The van der Waals surface area contributed by atoms with Crippen LogP contribution >= 0.6 is 11.6 Å². The Hall–Kier alpha value is -4.70. The summed E-state index contributed by atoms with van der Waals surface area (Å²) in [5, 5.41) is 7.44. The number of fused-ring (bicyclic) bond motifs is 3. The fourth-order valence-electron chi connectivity index (χ4n) is 4.17. The number of hydrogen-bond acceptors (Lipinski definition) is 7. The van der Waals surface area contributed by atoms with E-state index in [1.165, 1.54) is 10.8 Å². The molecule has 0 amide bonds. The number of nitrogens with one attached hydrogen (secondary N) is 2. The van der Waals surface area contributed by atoms with Gasteiger partial charge in [-0.2, -0.15) is 4.98 Å². The first kappa shape index (κ1) is 22.7. The van der Waals surface area contributed by atoms with Crippen molar-refractivity contribution in [2.24, 2.45) is 0 Å². The largest absolute Gasteiger partial charge is 0.385 e. The lowest BCUT2D eigenvalue weighted by Crippen LogP contribution is -2.22. The number of para-hydroxylation sites is 1. The topological polar surface area (TPSA) is 107 Å². The molecule has 37 heavy (non-hydrogen) atoms. The van der Waals surface area contributed by atoms with Crippen LogP contribution in [0.1, 0.15) is 6.42 Å². The number of benzene rings is 2. The van der Waals surface area contributed by atoms with E-state index in [1.54, 1.807) is 35.1 Å². The molecule has 2 N–H and O–H groups in total. The SMILES string of the molecule is O=c1c2cnc(Nc3ccc(NCCCn4ccnc4)cc3)nc2n2ccnc2n1-c1ccccc1Cl. The van der Waals surface area contributed by atoms with Crippen molar-refractivity contribution >= 4 is 45.7 Å². The Morgan fingerprint density at radius 2 is 1.78 bits per heavy atom. The lowest BCUT2D eigenvalue weighted by atomic mass is 10.2. The maximum absolute atomic E-state index is 13.4. The number of halogens is 1. The van der Waals surface area contributed by atoms with E-state index in [4.69, 9.17) is 11.6 Å². The van der Waals surface area contributed by atoms with Gasteiger partial charge < -0.3 is 15.2 Å². The van der Waals surface area contributed by atoms with Gasteiger partial charge in [-0.25, -0.2) is 19.5 Å². The van der Waals surface area contributed by atoms with Crippen LogP contribution in [0.5, 0.6) is 0 Å². The van der Waals surface area contributed by atoms with Crippen LogP contribution in [-0.4, -0.2) is 40.0 Å². The second kappa shape index (κ2) is 9.75. The number of rotatable bonds is 8. The molecular weight excluding hydrogens is 490 g/mol. The minimum atomic E-state index is -0.295. The summed E-state index contributed by atoms with van der Waals surface area (Å²) in [5.74, 6) is 0.789. The van der Waals surface area contributed by atoms with Crippen LogP contribution in [0.2, 0.25) is 5.02 Å². The second-order valence-corrected chi connectivity index (χ2v) is 8.81. The van der Waals surface area contributed by atoms with E-state index in [0.717, 1.165) is 30.9 Å². The molecule has 4 heterocycles. The van der Waals surface area contributed by atoms with E-state index in [2.05, 4.69) is 35.1 Å². The zero-order valence-corrected chi connectivity index (χ0v) is 20.4. The first-order chi connectivity index (χ1) is 18.2. The quantitative estimate of drug-likeness (QED) is 0.289. The highest BCUT2D eigenvalue weighted by Gasteiger charge is 2.17. The van der Waals surface area contributed by atoms with Gasteiger partial charge >= 0.3 is 0 Å². The maximum Gasteiger partial charge on any atom is 0.270 e. The molecule has 0 saturated heterocycles. The number of aromatic nitrogens is 7. The molecule has 0 aliphatic heterocycles. The van der Waals surface area contributed by atoms with Gasteiger partial charge in [-0.1, -0.05) is 23.7 Å². The fraction of sp³-hybridized carbons (Fsp3) is 0.115. The van der Waals surface area contributed by atoms with Crippen molar-refractivity contribution < 1.29 is 0 Å². The van der Waals surface area contributed by atoms with Gasteiger partial charge in [0.1, 0.15) is 5.39 Å². The van der Waals surface area contributed by atoms with Crippen molar-refractivity contribution in [2.75, 3.05) is 17.2 Å². The van der Waals surface area contributed by atoms with Gasteiger partial charge in [0.25, 0.3) is 5.56 Å². The van der Waals surface area contributed by atoms with E-state index >= 15 is 0 Å². The van der Waals surface area contributed by atoms with E-state index in [9.17, 15) is 4.79 Å². The number of imidazole rings is 2. The minimum absolute atomic E-state index is 0.295. The molecule has 6 aromatic rings. The van der Waals surface area contributed by atoms with Gasteiger partial charge in [0.2, 0.25) is 11.7 Å². The van der Waals surface area contributed by atoms with Gasteiger partial charge in [0, 0.05) is 55.4 Å². The van der Waals surface area contributed by atoms with Gasteiger partial charge in [-0.05, 0) is 42.8 Å². The Morgan fingerprint density at radius 1 is 0.946 bits per heavy atom. The minimum Gasteiger partial charge on any atom is -0.385 e. The third-order valence-corrected chi connectivity index (χ3v) is 6.29. The molecule has 0 atom stereocenters. The van der Waals surface area contributed by atoms with Crippen LogP contribution in [0.25, 0.3) is 22.5 Å². The highest BCUT2D eigenvalue weighted by atomic mass is 35.5. The normalized spacial score (nSPS) is 11.3. The number of nitrogens with zero attached hydrogens (tertiary/aromatic N) is 7. The van der Waals surface area contributed by atoms with Crippen molar-refractivity contribution in [1.82, 2.24) is 33.5 Å².